The van der Waals surface area contributed by atoms with Crippen LogP contribution in [0.15, 0.2) is 0 Å². The molecule has 19 heavy (non-hydrogen) atoms. The van der Waals surface area contributed by atoms with Crippen molar-refractivity contribution in [3.05, 3.63) is 16.4 Å². The van der Waals surface area contributed by atoms with E-state index in [1.54, 1.807) is 0 Å². The van der Waals surface area contributed by atoms with Crippen LogP contribution in [0.3, 0.4) is 0 Å². The summed E-state index contributed by atoms with van der Waals surface area (Å²) in [5.74, 6) is 0. The van der Waals surface area contributed by atoms with Gasteiger partial charge in [0.2, 0.25) is 0 Å². The third-order valence-electron chi connectivity index (χ3n) is 4.00. The third kappa shape index (κ3) is 3.53. The van der Waals surface area contributed by atoms with E-state index in [1.165, 1.54) is 37.9 Å². The van der Waals surface area contributed by atoms with Crippen LogP contribution in [-0.4, -0.2) is 32.6 Å². The van der Waals surface area contributed by atoms with E-state index in [1.807, 2.05) is 6.92 Å². The fourth-order valence-electron chi connectivity index (χ4n) is 2.93. The molecule has 0 bridgehead atoms. The number of alkyl halides is 1. The first-order chi connectivity index (χ1) is 9.17. The van der Waals surface area contributed by atoms with Gasteiger partial charge in [-0.3, -0.25) is 9.58 Å². The molecule has 3 nitrogen and oxygen atoms in total. The molecule has 2 heterocycles. The molecule has 0 aromatic carbocycles. The van der Waals surface area contributed by atoms with Gasteiger partial charge in [0, 0.05) is 24.5 Å². The van der Waals surface area contributed by atoms with Crippen molar-refractivity contribution in [2.24, 2.45) is 0 Å². The zero-order valence-corrected chi connectivity index (χ0v) is 14.2. The zero-order chi connectivity index (χ0) is 13.8. The van der Waals surface area contributed by atoms with Gasteiger partial charge in [-0.1, -0.05) is 34.0 Å². The van der Waals surface area contributed by atoms with Crippen molar-refractivity contribution in [3.63, 3.8) is 0 Å². The molecule has 1 fully saturated rings. The van der Waals surface area contributed by atoms with Crippen LogP contribution in [0, 0.1) is 6.92 Å². The van der Waals surface area contributed by atoms with Crippen molar-refractivity contribution in [1.29, 1.82) is 0 Å². The van der Waals surface area contributed by atoms with Gasteiger partial charge in [-0.2, -0.15) is 5.10 Å². The van der Waals surface area contributed by atoms with Gasteiger partial charge in [0.25, 0.3) is 0 Å². The lowest BCUT2D eigenvalue weighted by Crippen LogP contribution is -2.39. The van der Waals surface area contributed by atoms with E-state index in [0.717, 1.165) is 29.1 Å². The van der Waals surface area contributed by atoms with Crippen LogP contribution < -0.4 is 0 Å². The summed E-state index contributed by atoms with van der Waals surface area (Å²) in [5.41, 5.74) is 2.13. The molecule has 1 atom stereocenters. The van der Waals surface area contributed by atoms with Gasteiger partial charge < -0.3 is 0 Å². The van der Waals surface area contributed by atoms with E-state index >= 15 is 0 Å². The molecular formula is C14H23BrClN3. The quantitative estimate of drug-likeness (QED) is 0.750. The van der Waals surface area contributed by atoms with Crippen LogP contribution >= 0.6 is 27.5 Å². The van der Waals surface area contributed by atoms with E-state index in [4.69, 9.17) is 11.6 Å². The maximum Gasteiger partial charge on any atom is 0.0860 e. The topological polar surface area (TPSA) is 21.1 Å². The van der Waals surface area contributed by atoms with Crippen LogP contribution in [0.2, 0.25) is 5.02 Å². The third-order valence-corrected chi connectivity index (χ3v) is 4.95. The summed E-state index contributed by atoms with van der Waals surface area (Å²) in [6, 6.07) is 0.685. The van der Waals surface area contributed by atoms with Crippen molar-refractivity contribution < 1.29 is 0 Å². The predicted molar refractivity (Wildman–Crippen MR) is 84.1 cm³/mol. The molecule has 0 amide bonds. The highest BCUT2D eigenvalue weighted by molar-refractivity contribution is 9.09. The molecule has 0 spiro atoms. The summed E-state index contributed by atoms with van der Waals surface area (Å²) >= 11 is 9.99. The molecule has 0 aliphatic carbocycles. The maximum atomic E-state index is 6.42. The summed E-state index contributed by atoms with van der Waals surface area (Å²) in [6.45, 7) is 7.12. The lowest BCUT2D eigenvalue weighted by atomic mass is 10.00. The molecule has 0 radical (unpaired) electrons. The zero-order valence-electron chi connectivity index (χ0n) is 11.8. The van der Waals surface area contributed by atoms with Gasteiger partial charge in [-0.15, -0.1) is 0 Å². The Morgan fingerprint density at radius 3 is 2.89 bits per heavy atom. The van der Waals surface area contributed by atoms with Crippen molar-refractivity contribution in [2.45, 2.75) is 58.7 Å². The van der Waals surface area contributed by atoms with Crippen LogP contribution in [0.1, 0.15) is 44.0 Å². The molecule has 1 unspecified atom stereocenters. The second kappa shape index (κ2) is 7.09. The standard InChI is InChI=1S/C14H23BrClN3/c1-3-19-13(14(16)11(2)17-19)10-18-9-5-4-6-12(18)7-8-15/h12H,3-10H2,1-2H3. The lowest BCUT2D eigenvalue weighted by molar-refractivity contribution is 0.133. The Morgan fingerprint density at radius 2 is 2.21 bits per heavy atom. The Morgan fingerprint density at radius 1 is 1.42 bits per heavy atom. The first kappa shape index (κ1) is 15.3. The van der Waals surface area contributed by atoms with Gasteiger partial charge in [0.1, 0.15) is 0 Å². The van der Waals surface area contributed by atoms with Crippen molar-refractivity contribution in [1.82, 2.24) is 14.7 Å². The van der Waals surface area contributed by atoms with Crippen molar-refractivity contribution in [2.75, 3.05) is 11.9 Å². The summed E-state index contributed by atoms with van der Waals surface area (Å²) in [7, 11) is 0. The number of nitrogens with zero attached hydrogens (tertiary/aromatic N) is 3. The molecular weight excluding hydrogens is 326 g/mol. The van der Waals surface area contributed by atoms with Gasteiger partial charge in [0.05, 0.1) is 16.4 Å². The number of likely N-dealkylation sites (tertiary alicyclic amines) is 1. The Bertz CT molecular complexity index is 417. The minimum absolute atomic E-state index is 0.685. The number of aryl methyl sites for hydroxylation is 2. The van der Waals surface area contributed by atoms with Crippen LogP contribution in [0.25, 0.3) is 0 Å². The minimum atomic E-state index is 0.685. The highest BCUT2D eigenvalue weighted by atomic mass is 79.9. The van der Waals surface area contributed by atoms with Gasteiger partial charge in [-0.05, 0) is 39.7 Å². The summed E-state index contributed by atoms with van der Waals surface area (Å²) < 4.78 is 2.05. The maximum absolute atomic E-state index is 6.42. The molecule has 2 rings (SSSR count). The number of piperidine rings is 1. The van der Waals surface area contributed by atoms with Gasteiger partial charge >= 0.3 is 0 Å². The number of halogens is 2. The summed E-state index contributed by atoms with van der Waals surface area (Å²) in [4.78, 5) is 2.58. The minimum Gasteiger partial charge on any atom is -0.294 e. The molecule has 1 aliphatic heterocycles. The monoisotopic (exact) mass is 347 g/mol. The molecule has 1 saturated heterocycles. The van der Waals surface area contributed by atoms with E-state index < -0.39 is 0 Å². The molecule has 108 valence electrons. The Balaban J connectivity index is 2.14. The highest BCUT2D eigenvalue weighted by Crippen LogP contribution is 2.27. The smallest absolute Gasteiger partial charge is 0.0860 e. The van der Waals surface area contributed by atoms with Gasteiger partial charge in [-0.25, -0.2) is 0 Å². The largest absolute Gasteiger partial charge is 0.294 e. The second-order valence-electron chi connectivity index (χ2n) is 5.26. The van der Waals surface area contributed by atoms with E-state index in [-0.39, 0.29) is 0 Å². The average Bonchev–Trinajstić information content (AvgIpc) is 2.69. The molecule has 5 heteroatoms. The predicted octanol–water partition coefficient (Wildman–Crippen LogP) is 4.00. The summed E-state index contributed by atoms with van der Waals surface area (Å²) in [5, 5.41) is 6.44. The van der Waals surface area contributed by atoms with Crippen LogP contribution in [0.4, 0.5) is 0 Å². The SMILES string of the molecule is CCn1nc(C)c(Cl)c1CN1CCCCC1CCBr. The fourth-order valence-corrected chi connectivity index (χ4v) is 3.66. The first-order valence-electron chi connectivity index (χ1n) is 7.19. The molecule has 1 aromatic heterocycles. The molecule has 0 saturated carbocycles. The Hall–Kier alpha value is -0.0600. The normalized spacial score (nSPS) is 20.9. The first-order valence-corrected chi connectivity index (χ1v) is 8.69. The second-order valence-corrected chi connectivity index (χ2v) is 6.43. The van der Waals surface area contributed by atoms with Crippen molar-refractivity contribution >= 4 is 27.5 Å². The summed E-state index contributed by atoms with van der Waals surface area (Å²) in [6.07, 6.45) is 5.18. The van der Waals surface area contributed by atoms with E-state index in [2.05, 4.69) is 37.5 Å². The number of hydrogen-bond donors (Lipinski definition) is 0. The number of aromatic nitrogens is 2. The highest BCUT2D eigenvalue weighted by Gasteiger charge is 2.24. The fraction of sp³-hybridized carbons (Fsp3) is 0.786. The van der Waals surface area contributed by atoms with E-state index in [9.17, 15) is 0 Å². The molecule has 1 aliphatic rings. The average molecular weight is 349 g/mol. The number of rotatable bonds is 5. The van der Waals surface area contributed by atoms with Crippen LogP contribution in [-0.2, 0) is 13.1 Å². The number of hydrogen-bond acceptors (Lipinski definition) is 2. The Labute approximate surface area is 129 Å². The van der Waals surface area contributed by atoms with E-state index in [0.29, 0.717) is 6.04 Å². The molecule has 0 N–H and O–H groups in total. The lowest BCUT2D eigenvalue weighted by Gasteiger charge is -2.35. The van der Waals surface area contributed by atoms with Crippen molar-refractivity contribution in [3.8, 4) is 0 Å². The van der Waals surface area contributed by atoms with Gasteiger partial charge in [0.15, 0.2) is 0 Å². The molecule has 1 aromatic rings. The van der Waals surface area contributed by atoms with Crippen LogP contribution in [0.5, 0.6) is 0 Å². The Kier molecular flexibility index (Phi) is 5.72.